The summed E-state index contributed by atoms with van der Waals surface area (Å²) < 4.78 is 10.5. The molecule has 0 aliphatic carbocycles. The van der Waals surface area contributed by atoms with E-state index in [1.165, 1.54) is 0 Å². The molecule has 4 nitrogen and oxygen atoms in total. The summed E-state index contributed by atoms with van der Waals surface area (Å²) in [7, 11) is 1.63. The average Bonchev–Trinajstić information content (AvgIpc) is 2.36. The Hall–Kier alpha value is -1.10. The highest BCUT2D eigenvalue weighted by Crippen LogP contribution is 2.27. The van der Waals surface area contributed by atoms with Crippen molar-refractivity contribution in [3.05, 3.63) is 29.3 Å². The first kappa shape index (κ1) is 14.3. The molecule has 1 unspecified atom stereocenters. The monoisotopic (exact) mass is 265 g/mol. The molecule has 0 bridgehead atoms. The Morgan fingerprint density at radius 1 is 1.47 bits per heavy atom. The number of aliphatic hydroxyl groups is 1. The molecule has 106 valence electrons. The van der Waals surface area contributed by atoms with Crippen molar-refractivity contribution in [1.82, 2.24) is 5.32 Å². The molecule has 1 aliphatic heterocycles. The van der Waals surface area contributed by atoms with Crippen molar-refractivity contribution in [2.24, 2.45) is 5.41 Å². The number of nitrogens with one attached hydrogen (secondary N) is 1. The molecular weight excluding hydrogens is 242 g/mol. The van der Waals surface area contributed by atoms with Gasteiger partial charge in [-0.1, -0.05) is 18.6 Å². The van der Waals surface area contributed by atoms with Crippen LogP contribution in [0.4, 0.5) is 0 Å². The van der Waals surface area contributed by atoms with Gasteiger partial charge in [-0.15, -0.1) is 0 Å². The van der Waals surface area contributed by atoms with E-state index in [1.807, 2.05) is 25.1 Å². The van der Waals surface area contributed by atoms with Crippen LogP contribution in [0.15, 0.2) is 18.2 Å². The van der Waals surface area contributed by atoms with Gasteiger partial charge in [0, 0.05) is 24.1 Å². The van der Waals surface area contributed by atoms with Crippen LogP contribution in [0.5, 0.6) is 5.75 Å². The molecule has 1 heterocycles. The molecule has 1 aliphatic rings. The number of hydrogen-bond acceptors (Lipinski definition) is 4. The lowest BCUT2D eigenvalue weighted by Crippen LogP contribution is -2.47. The predicted molar refractivity (Wildman–Crippen MR) is 74.5 cm³/mol. The summed E-state index contributed by atoms with van der Waals surface area (Å²) >= 11 is 0. The summed E-state index contributed by atoms with van der Waals surface area (Å²) in [6.45, 7) is 7.17. The van der Waals surface area contributed by atoms with Gasteiger partial charge in [0.25, 0.3) is 0 Å². The van der Waals surface area contributed by atoms with Crippen LogP contribution in [0.3, 0.4) is 0 Å². The quantitative estimate of drug-likeness (QED) is 0.821. The van der Waals surface area contributed by atoms with Crippen molar-refractivity contribution < 1.29 is 14.6 Å². The van der Waals surface area contributed by atoms with Crippen LogP contribution in [0.2, 0.25) is 0 Å². The Morgan fingerprint density at radius 2 is 2.21 bits per heavy atom. The van der Waals surface area contributed by atoms with Gasteiger partial charge in [-0.2, -0.15) is 0 Å². The maximum Gasteiger partial charge on any atom is 0.124 e. The second kappa shape index (κ2) is 5.90. The van der Waals surface area contributed by atoms with Crippen molar-refractivity contribution in [3.63, 3.8) is 0 Å². The van der Waals surface area contributed by atoms with Gasteiger partial charge >= 0.3 is 0 Å². The fourth-order valence-corrected chi connectivity index (χ4v) is 2.29. The Labute approximate surface area is 114 Å². The highest BCUT2D eigenvalue weighted by atomic mass is 16.5. The molecule has 1 aromatic carbocycles. The molecule has 0 radical (unpaired) electrons. The van der Waals surface area contributed by atoms with Crippen molar-refractivity contribution in [2.45, 2.75) is 20.0 Å². The molecule has 0 saturated carbocycles. The summed E-state index contributed by atoms with van der Waals surface area (Å²) in [5.74, 6) is 0.734. The minimum absolute atomic E-state index is 0.219. The van der Waals surface area contributed by atoms with E-state index in [4.69, 9.17) is 9.47 Å². The maximum atomic E-state index is 10.3. The van der Waals surface area contributed by atoms with Gasteiger partial charge < -0.3 is 19.9 Å². The molecule has 0 amide bonds. The Morgan fingerprint density at radius 3 is 2.79 bits per heavy atom. The number of benzene rings is 1. The van der Waals surface area contributed by atoms with E-state index in [1.54, 1.807) is 7.11 Å². The van der Waals surface area contributed by atoms with Crippen LogP contribution in [0.1, 0.15) is 24.2 Å². The first-order chi connectivity index (χ1) is 9.04. The Balaban J connectivity index is 1.91. The topological polar surface area (TPSA) is 50.7 Å². The number of methoxy groups -OCH3 is 1. The molecule has 1 atom stereocenters. The Kier molecular flexibility index (Phi) is 4.45. The van der Waals surface area contributed by atoms with Crippen molar-refractivity contribution in [1.29, 1.82) is 0 Å². The summed E-state index contributed by atoms with van der Waals surface area (Å²) in [6, 6.07) is 5.85. The largest absolute Gasteiger partial charge is 0.496 e. The summed E-state index contributed by atoms with van der Waals surface area (Å²) in [4.78, 5) is 0. The van der Waals surface area contributed by atoms with Gasteiger partial charge in [-0.25, -0.2) is 0 Å². The van der Waals surface area contributed by atoms with Gasteiger partial charge in [0.05, 0.1) is 26.4 Å². The van der Waals surface area contributed by atoms with E-state index in [0.717, 1.165) is 36.6 Å². The van der Waals surface area contributed by atoms with Crippen LogP contribution >= 0.6 is 0 Å². The van der Waals surface area contributed by atoms with Crippen LogP contribution in [-0.4, -0.2) is 38.5 Å². The average molecular weight is 265 g/mol. The molecule has 2 N–H and O–H groups in total. The first-order valence-electron chi connectivity index (χ1n) is 6.65. The van der Waals surface area contributed by atoms with Crippen molar-refractivity contribution >= 4 is 0 Å². The molecule has 1 aromatic rings. The lowest BCUT2D eigenvalue weighted by Gasteiger charge is -2.38. The number of aliphatic hydroxyl groups excluding tert-OH is 1. The standard InChI is InChI=1S/C15H23NO3/c1-11-4-5-14(18-3)12(6-11)13(17)7-16-8-15(2)9-19-10-15/h4-6,13,16-17H,7-10H2,1-3H3. The van der Waals surface area contributed by atoms with Crippen molar-refractivity contribution in [2.75, 3.05) is 33.4 Å². The van der Waals surface area contributed by atoms with Crippen LogP contribution in [0, 0.1) is 12.3 Å². The van der Waals surface area contributed by atoms with E-state index in [9.17, 15) is 5.11 Å². The second-order valence-electron chi connectivity index (χ2n) is 5.70. The fourth-order valence-electron chi connectivity index (χ4n) is 2.29. The van der Waals surface area contributed by atoms with Gasteiger partial charge in [0.15, 0.2) is 0 Å². The van der Waals surface area contributed by atoms with Gasteiger partial charge in [-0.05, 0) is 19.1 Å². The van der Waals surface area contributed by atoms with Gasteiger partial charge in [0.2, 0.25) is 0 Å². The van der Waals surface area contributed by atoms with Crippen LogP contribution < -0.4 is 10.1 Å². The van der Waals surface area contributed by atoms with E-state index >= 15 is 0 Å². The highest BCUT2D eigenvalue weighted by molar-refractivity contribution is 5.38. The zero-order valence-electron chi connectivity index (χ0n) is 11.9. The van der Waals surface area contributed by atoms with Crippen LogP contribution in [0.25, 0.3) is 0 Å². The van der Waals surface area contributed by atoms with Crippen molar-refractivity contribution in [3.8, 4) is 5.75 Å². The van der Waals surface area contributed by atoms with Gasteiger partial charge in [-0.3, -0.25) is 0 Å². The summed E-state index contributed by atoms with van der Waals surface area (Å²) in [5, 5.41) is 13.6. The molecule has 2 rings (SSSR count). The van der Waals surface area contributed by atoms with E-state index in [2.05, 4.69) is 12.2 Å². The first-order valence-corrected chi connectivity index (χ1v) is 6.65. The number of hydrogen-bond donors (Lipinski definition) is 2. The third-order valence-corrected chi connectivity index (χ3v) is 3.53. The molecule has 1 fully saturated rings. The fraction of sp³-hybridized carbons (Fsp3) is 0.600. The minimum Gasteiger partial charge on any atom is -0.496 e. The maximum absolute atomic E-state index is 10.3. The molecular formula is C15H23NO3. The normalized spacial score (nSPS) is 18.7. The SMILES string of the molecule is COc1ccc(C)cc1C(O)CNCC1(C)COC1. The van der Waals surface area contributed by atoms with E-state index < -0.39 is 6.10 Å². The number of ether oxygens (including phenoxy) is 2. The third-order valence-electron chi connectivity index (χ3n) is 3.53. The predicted octanol–water partition coefficient (Wildman–Crippen LogP) is 1.66. The molecule has 1 saturated heterocycles. The van der Waals surface area contributed by atoms with E-state index in [0.29, 0.717) is 6.54 Å². The molecule has 19 heavy (non-hydrogen) atoms. The minimum atomic E-state index is -0.556. The van der Waals surface area contributed by atoms with E-state index in [-0.39, 0.29) is 5.41 Å². The smallest absolute Gasteiger partial charge is 0.124 e. The highest BCUT2D eigenvalue weighted by Gasteiger charge is 2.32. The zero-order chi connectivity index (χ0) is 13.9. The lowest BCUT2D eigenvalue weighted by atomic mass is 9.88. The molecule has 0 spiro atoms. The lowest BCUT2D eigenvalue weighted by molar-refractivity contribution is -0.0996. The summed E-state index contributed by atoms with van der Waals surface area (Å²) in [5.41, 5.74) is 2.18. The number of rotatable bonds is 6. The molecule has 0 aromatic heterocycles. The van der Waals surface area contributed by atoms with Gasteiger partial charge in [0.1, 0.15) is 5.75 Å². The zero-order valence-corrected chi connectivity index (χ0v) is 11.9. The molecule has 4 heteroatoms. The van der Waals surface area contributed by atoms with Crippen LogP contribution in [-0.2, 0) is 4.74 Å². The third kappa shape index (κ3) is 3.47. The second-order valence-corrected chi connectivity index (χ2v) is 5.70. The summed E-state index contributed by atoms with van der Waals surface area (Å²) in [6.07, 6.45) is -0.556. The number of aryl methyl sites for hydroxylation is 1. The Bertz CT molecular complexity index is 429.